The smallest absolute Gasteiger partial charge is 0.264 e. The van der Waals surface area contributed by atoms with Crippen LogP contribution in [-0.2, 0) is 28.6 Å². The maximum Gasteiger partial charge on any atom is 0.264 e. The molecule has 9 atom stereocenters. The third-order valence-electron chi connectivity index (χ3n) is 10.8. The Balaban J connectivity index is 1.40. The summed E-state index contributed by atoms with van der Waals surface area (Å²) in [6.07, 6.45) is 14.5. The van der Waals surface area contributed by atoms with Crippen LogP contribution in [0.15, 0.2) is 0 Å². The molecule has 0 aliphatic heterocycles. The van der Waals surface area contributed by atoms with Crippen molar-refractivity contribution in [3.8, 4) is 0 Å². The van der Waals surface area contributed by atoms with E-state index in [2.05, 4.69) is 20.8 Å². The summed E-state index contributed by atoms with van der Waals surface area (Å²) < 4.78 is 56.3. The van der Waals surface area contributed by atoms with Gasteiger partial charge in [-0.25, -0.2) is 0 Å². The molecule has 0 radical (unpaired) electrons. The summed E-state index contributed by atoms with van der Waals surface area (Å²) in [5.74, 6) is 4.20. The van der Waals surface area contributed by atoms with Gasteiger partial charge in [-0.1, -0.05) is 20.8 Å². The van der Waals surface area contributed by atoms with Crippen molar-refractivity contribution in [2.24, 2.45) is 46.3 Å². The second-order valence-electron chi connectivity index (χ2n) is 12.7. The number of hydrogen-bond acceptors (Lipinski definition) is 6. The summed E-state index contributed by atoms with van der Waals surface area (Å²) in [6.45, 7) is 7.72. The van der Waals surface area contributed by atoms with Gasteiger partial charge in [0.25, 0.3) is 20.2 Å². The molecule has 0 heterocycles. The van der Waals surface area contributed by atoms with E-state index in [1.54, 1.807) is 0 Å². The molecule has 8 heteroatoms. The van der Waals surface area contributed by atoms with E-state index in [0.717, 1.165) is 56.1 Å². The molecule has 4 fully saturated rings. The zero-order valence-electron chi connectivity index (χ0n) is 21.8. The minimum atomic E-state index is -3.39. The van der Waals surface area contributed by atoms with E-state index in [-0.39, 0.29) is 6.10 Å². The second kappa shape index (κ2) is 9.60. The molecular formula is C26H46O6S2. The molecule has 0 aromatic carbocycles. The zero-order chi connectivity index (χ0) is 24.9. The van der Waals surface area contributed by atoms with Crippen LogP contribution in [0.25, 0.3) is 0 Å². The summed E-state index contributed by atoms with van der Waals surface area (Å²) >= 11 is 0. The van der Waals surface area contributed by atoms with Crippen molar-refractivity contribution in [1.29, 1.82) is 0 Å². The third-order valence-corrected chi connectivity index (χ3v) is 12.0. The quantitative estimate of drug-likeness (QED) is 0.317. The van der Waals surface area contributed by atoms with Gasteiger partial charge >= 0.3 is 0 Å². The van der Waals surface area contributed by atoms with Gasteiger partial charge < -0.3 is 0 Å². The standard InChI is InChI=1S/C26H46O6S2/c1-18(7-6-16-31-33(4,27)28)22-10-11-23-21-9-8-19-17-20(32-34(5,29)30)12-14-25(19,2)24(21)13-15-26(22,23)3/h18-24H,6-17H2,1-5H3/t18-,19+,20-,21-,22+,23-,24-,25-,26+/m0/s1. The fourth-order valence-corrected chi connectivity index (χ4v) is 10.4. The Kier molecular flexibility index (Phi) is 7.59. The van der Waals surface area contributed by atoms with Crippen LogP contribution >= 0.6 is 0 Å². The Morgan fingerprint density at radius 2 is 1.53 bits per heavy atom. The molecule has 4 aliphatic rings. The lowest BCUT2D eigenvalue weighted by Crippen LogP contribution is -2.54. The number of rotatable bonds is 8. The summed E-state index contributed by atoms with van der Waals surface area (Å²) in [4.78, 5) is 0. The highest BCUT2D eigenvalue weighted by molar-refractivity contribution is 7.86. The molecule has 4 aliphatic carbocycles. The maximum absolute atomic E-state index is 11.7. The highest BCUT2D eigenvalue weighted by Crippen LogP contribution is 2.68. The summed E-state index contributed by atoms with van der Waals surface area (Å²) in [5.41, 5.74) is 0.701. The summed E-state index contributed by atoms with van der Waals surface area (Å²) in [7, 11) is -6.74. The van der Waals surface area contributed by atoms with Crippen molar-refractivity contribution in [3.05, 3.63) is 0 Å². The van der Waals surface area contributed by atoms with Crippen LogP contribution in [0, 0.1) is 46.3 Å². The van der Waals surface area contributed by atoms with E-state index in [0.29, 0.717) is 35.2 Å². The van der Waals surface area contributed by atoms with Crippen LogP contribution in [-0.4, -0.2) is 42.1 Å². The first-order valence-electron chi connectivity index (χ1n) is 13.5. The molecule has 6 nitrogen and oxygen atoms in total. The lowest BCUT2D eigenvalue weighted by molar-refractivity contribution is -0.126. The van der Waals surface area contributed by atoms with Crippen LogP contribution in [0.1, 0.15) is 91.4 Å². The van der Waals surface area contributed by atoms with Gasteiger partial charge in [-0.05, 0) is 117 Å². The molecule has 4 saturated carbocycles. The molecule has 0 N–H and O–H groups in total. The van der Waals surface area contributed by atoms with Gasteiger partial charge in [0, 0.05) is 0 Å². The fourth-order valence-electron chi connectivity index (χ4n) is 9.35. The van der Waals surface area contributed by atoms with E-state index in [9.17, 15) is 16.8 Å². The zero-order valence-corrected chi connectivity index (χ0v) is 23.4. The van der Waals surface area contributed by atoms with Crippen molar-refractivity contribution in [1.82, 2.24) is 0 Å². The molecular weight excluding hydrogens is 472 g/mol. The van der Waals surface area contributed by atoms with Crippen LogP contribution in [0.3, 0.4) is 0 Å². The fraction of sp³-hybridized carbons (Fsp3) is 1.00. The van der Waals surface area contributed by atoms with Crippen molar-refractivity contribution in [2.75, 3.05) is 19.1 Å². The van der Waals surface area contributed by atoms with Gasteiger partial charge in [-0.3, -0.25) is 8.37 Å². The lowest BCUT2D eigenvalue weighted by atomic mass is 9.44. The molecule has 198 valence electrons. The van der Waals surface area contributed by atoms with Crippen LogP contribution < -0.4 is 0 Å². The highest BCUT2D eigenvalue weighted by atomic mass is 32.2. The molecule has 0 spiro atoms. The predicted octanol–water partition coefficient (Wildman–Crippen LogP) is 5.38. The predicted molar refractivity (Wildman–Crippen MR) is 134 cm³/mol. The number of fused-ring (bicyclic) bond motifs is 5. The minimum absolute atomic E-state index is 0.137. The Morgan fingerprint density at radius 1 is 0.853 bits per heavy atom. The van der Waals surface area contributed by atoms with Crippen molar-refractivity contribution in [3.63, 3.8) is 0 Å². The largest absolute Gasteiger partial charge is 0.270 e. The van der Waals surface area contributed by atoms with Crippen LogP contribution in [0.2, 0.25) is 0 Å². The molecule has 4 rings (SSSR count). The summed E-state index contributed by atoms with van der Waals surface area (Å²) in [5, 5.41) is 0. The van der Waals surface area contributed by atoms with Gasteiger partial charge in [0.2, 0.25) is 0 Å². The highest BCUT2D eigenvalue weighted by Gasteiger charge is 2.60. The first kappa shape index (κ1) is 26.9. The Bertz CT molecular complexity index is 946. The normalized spacial score (nSPS) is 43.6. The summed E-state index contributed by atoms with van der Waals surface area (Å²) in [6, 6.07) is 0. The van der Waals surface area contributed by atoms with Gasteiger partial charge in [-0.15, -0.1) is 0 Å². The first-order valence-corrected chi connectivity index (χ1v) is 17.1. The van der Waals surface area contributed by atoms with E-state index in [1.807, 2.05) is 0 Å². The van der Waals surface area contributed by atoms with Gasteiger partial charge in [0.05, 0.1) is 25.2 Å². The monoisotopic (exact) mass is 518 g/mol. The maximum atomic E-state index is 11.7. The van der Waals surface area contributed by atoms with E-state index in [1.165, 1.54) is 44.8 Å². The lowest BCUT2D eigenvalue weighted by Gasteiger charge is -2.61. The van der Waals surface area contributed by atoms with E-state index >= 15 is 0 Å². The number of hydrogen-bond donors (Lipinski definition) is 0. The molecule has 0 aromatic rings. The second-order valence-corrected chi connectivity index (χ2v) is 16.0. The topological polar surface area (TPSA) is 86.7 Å². The van der Waals surface area contributed by atoms with E-state index in [4.69, 9.17) is 8.37 Å². The third kappa shape index (κ3) is 5.40. The SMILES string of the molecule is C[C@@H](CCCOS(C)(=O)=O)[C@H]1CC[C@H]2[C@@H]3CC[C@@H]4C[C@@H](OS(C)(=O)=O)CC[C@]4(C)[C@H]3CC[C@]12C. The molecule has 0 unspecified atom stereocenters. The van der Waals surface area contributed by atoms with Gasteiger partial charge in [0.1, 0.15) is 0 Å². The van der Waals surface area contributed by atoms with Crippen LogP contribution in [0.4, 0.5) is 0 Å². The molecule has 0 bridgehead atoms. The molecule has 0 aromatic heterocycles. The average Bonchev–Trinajstić information content (AvgIpc) is 3.07. The van der Waals surface area contributed by atoms with Crippen molar-refractivity contribution < 1.29 is 25.2 Å². The van der Waals surface area contributed by atoms with Gasteiger partial charge in [-0.2, -0.15) is 16.8 Å². The van der Waals surface area contributed by atoms with Crippen LogP contribution in [0.5, 0.6) is 0 Å². The Hall–Kier alpha value is -0.180. The molecule has 0 amide bonds. The average molecular weight is 519 g/mol. The Labute approximate surface area is 208 Å². The molecule has 34 heavy (non-hydrogen) atoms. The Morgan fingerprint density at radius 3 is 2.21 bits per heavy atom. The van der Waals surface area contributed by atoms with Gasteiger partial charge in [0.15, 0.2) is 0 Å². The minimum Gasteiger partial charge on any atom is -0.270 e. The van der Waals surface area contributed by atoms with Crippen molar-refractivity contribution in [2.45, 2.75) is 97.5 Å². The van der Waals surface area contributed by atoms with E-state index < -0.39 is 20.2 Å². The molecule has 0 saturated heterocycles. The van der Waals surface area contributed by atoms with Crippen molar-refractivity contribution >= 4 is 20.2 Å². The first-order chi connectivity index (χ1) is 15.7.